The molecule has 0 bridgehead atoms. The van der Waals surface area contributed by atoms with Gasteiger partial charge in [0.2, 0.25) is 0 Å². The first-order valence-electron chi connectivity index (χ1n) is 6.34. The Labute approximate surface area is 140 Å². The molecule has 0 spiro atoms. The number of nitrogens with two attached hydrogens (primary N) is 1. The van der Waals surface area contributed by atoms with Gasteiger partial charge in [-0.1, -0.05) is 0 Å². The van der Waals surface area contributed by atoms with Gasteiger partial charge in [0.1, 0.15) is 6.07 Å². The van der Waals surface area contributed by atoms with E-state index in [1.165, 1.54) is 23.9 Å². The van der Waals surface area contributed by atoms with Gasteiger partial charge in [-0.2, -0.15) is 5.26 Å². The van der Waals surface area contributed by atoms with Crippen LogP contribution in [0.3, 0.4) is 0 Å². The van der Waals surface area contributed by atoms with Gasteiger partial charge >= 0.3 is 11.9 Å². The number of nitrogens with zero attached hydrogens (tertiary/aromatic N) is 2. The van der Waals surface area contributed by atoms with Gasteiger partial charge in [0.05, 0.1) is 23.9 Å². The predicted octanol–water partition coefficient (Wildman–Crippen LogP) is 2.49. The van der Waals surface area contributed by atoms with E-state index in [9.17, 15) is 14.7 Å². The van der Waals surface area contributed by atoms with Crippen LogP contribution in [0.5, 0.6) is 0 Å². The Morgan fingerprint density at radius 3 is 2.61 bits per heavy atom. The molecule has 0 atom stereocenters. The lowest BCUT2D eigenvalue weighted by Crippen LogP contribution is -2.12. The number of anilines is 1. The monoisotopic (exact) mass is 377 g/mol. The lowest BCUT2D eigenvalue weighted by Gasteiger charge is -2.13. The Morgan fingerprint density at radius 1 is 1.43 bits per heavy atom. The number of hydrogen-bond acceptors (Lipinski definition) is 5. The van der Waals surface area contributed by atoms with Crippen LogP contribution in [0.2, 0.25) is 0 Å². The van der Waals surface area contributed by atoms with E-state index in [2.05, 4.69) is 15.9 Å². The summed E-state index contributed by atoms with van der Waals surface area (Å²) in [5.41, 5.74) is 7.02. The van der Waals surface area contributed by atoms with Gasteiger partial charge in [-0.25, -0.2) is 9.59 Å². The van der Waals surface area contributed by atoms with Gasteiger partial charge < -0.3 is 20.1 Å². The minimum atomic E-state index is -1.13. The number of esters is 1. The number of aromatic carboxylic acids is 1. The van der Waals surface area contributed by atoms with Crippen molar-refractivity contribution in [3.05, 3.63) is 45.2 Å². The fourth-order valence-corrected chi connectivity index (χ4v) is 2.82. The lowest BCUT2D eigenvalue weighted by molar-refractivity contribution is 0.0592. The Bertz CT molecular complexity index is 865. The molecule has 0 aliphatic carbocycles. The summed E-state index contributed by atoms with van der Waals surface area (Å²) >= 11 is 3.19. The van der Waals surface area contributed by atoms with Crippen LogP contribution in [-0.2, 0) is 4.74 Å². The average molecular weight is 378 g/mol. The summed E-state index contributed by atoms with van der Waals surface area (Å²) in [4.78, 5) is 23.3. The number of rotatable bonds is 3. The average Bonchev–Trinajstić information content (AvgIpc) is 2.82. The van der Waals surface area contributed by atoms with Crippen molar-refractivity contribution >= 4 is 33.6 Å². The molecule has 0 aliphatic heterocycles. The maximum atomic E-state index is 12.0. The van der Waals surface area contributed by atoms with E-state index in [0.29, 0.717) is 15.7 Å². The first-order chi connectivity index (χ1) is 10.8. The fourth-order valence-electron chi connectivity index (χ4n) is 2.19. The summed E-state index contributed by atoms with van der Waals surface area (Å²) in [6.07, 6.45) is 1.38. The molecule has 0 saturated heterocycles. The van der Waals surface area contributed by atoms with Crippen molar-refractivity contribution in [2.24, 2.45) is 0 Å². The molecule has 0 fully saturated rings. The number of benzene rings is 1. The Kier molecular flexibility index (Phi) is 4.43. The van der Waals surface area contributed by atoms with Gasteiger partial charge in [-0.05, 0) is 40.5 Å². The SMILES string of the molecule is COC(=O)c1c(N)c(C#N)cn1-c1cc(C(=O)O)c(Br)cc1C. The minimum absolute atomic E-state index is 0.0152. The molecule has 2 rings (SSSR count). The maximum absolute atomic E-state index is 12.0. The molecule has 0 saturated carbocycles. The van der Waals surface area contributed by atoms with Crippen molar-refractivity contribution in [2.45, 2.75) is 6.92 Å². The van der Waals surface area contributed by atoms with Crippen LogP contribution in [0.1, 0.15) is 32.0 Å². The van der Waals surface area contributed by atoms with Crippen LogP contribution in [0.15, 0.2) is 22.8 Å². The highest BCUT2D eigenvalue weighted by molar-refractivity contribution is 9.10. The van der Waals surface area contributed by atoms with E-state index in [1.54, 1.807) is 13.0 Å². The van der Waals surface area contributed by atoms with E-state index in [1.807, 2.05) is 6.07 Å². The van der Waals surface area contributed by atoms with Crippen molar-refractivity contribution in [3.63, 3.8) is 0 Å². The van der Waals surface area contributed by atoms with E-state index in [-0.39, 0.29) is 22.5 Å². The Balaban J connectivity index is 2.82. The number of nitrogen functional groups attached to an aromatic ring is 1. The van der Waals surface area contributed by atoms with Gasteiger partial charge in [-0.15, -0.1) is 0 Å². The van der Waals surface area contributed by atoms with E-state index in [4.69, 9.17) is 15.7 Å². The fraction of sp³-hybridized carbons (Fsp3) is 0.133. The van der Waals surface area contributed by atoms with Crippen molar-refractivity contribution in [1.82, 2.24) is 4.57 Å². The van der Waals surface area contributed by atoms with Gasteiger partial charge in [0, 0.05) is 16.4 Å². The van der Waals surface area contributed by atoms with Crippen LogP contribution < -0.4 is 5.73 Å². The van der Waals surface area contributed by atoms with Crippen molar-refractivity contribution in [1.29, 1.82) is 5.26 Å². The number of carbonyl (C=O) groups is 2. The third-order valence-corrected chi connectivity index (χ3v) is 3.98. The molecule has 1 heterocycles. The molecular weight excluding hydrogens is 366 g/mol. The summed E-state index contributed by atoms with van der Waals surface area (Å²) in [5, 5.41) is 18.4. The maximum Gasteiger partial charge on any atom is 0.357 e. The number of ether oxygens (including phenoxy) is 1. The zero-order valence-corrected chi connectivity index (χ0v) is 13.8. The van der Waals surface area contributed by atoms with Crippen molar-refractivity contribution in [3.8, 4) is 11.8 Å². The van der Waals surface area contributed by atoms with Gasteiger partial charge in [-0.3, -0.25) is 0 Å². The molecule has 23 heavy (non-hydrogen) atoms. The molecule has 3 N–H and O–H groups in total. The molecule has 1 aromatic heterocycles. The number of nitriles is 1. The third kappa shape index (κ3) is 2.78. The number of carboxylic acids is 1. The molecule has 2 aromatic rings. The quantitative estimate of drug-likeness (QED) is 0.793. The largest absolute Gasteiger partial charge is 0.478 e. The molecule has 8 heteroatoms. The third-order valence-electron chi connectivity index (χ3n) is 3.32. The van der Waals surface area contributed by atoms with Crippen LogP contribution in [0.25, 0.3) is 5.69 Å². The number of halogens is 1. The first kappa shape index (κ1) is 16.6. The van der Waals surface area contributed by atoms with Crippen molar-refractivity contribution in [2.75, 3.05) is 12.8 Å². The standard InChI is InChI=1S/C15H12BrN3O4/c1-7-3-10(16)9(14(20)21)4-11(7)19-6-8(5-17)12(18)13(19)15(22)23-2/h3-4,6H,18H2,1-2H3,(H,20,21). The molecule has 7 nitrogen and oxygen atoms in total. The summed E-state index contributed by atoms with van der Waals surface area (Å²) < 4.78 is 6.48. The normalized spacial score (nSPS) is 10.2. The summed E-state index contributed by atoms with van der Waals surface area (Å²) in [6.45, 7) is 1.75. The molecule has 0 radical (unpaired) electrons. The highest BCUT2D eigenvalue weighted by Gasteiger charge is 2.23. The van der Waals surface area contributed by atoms with Crippen molar-refractivity contribution < 1.29 is 19.4 Å². The number of hydrogen-bond donors (Lipinski definition) is 2. The highest BCUT2D eigenvalue weighted by Crippen LogP contribution is 2.29. The number of aromatic nitrogens is 1. The predicted molar refractivity (Wildman–Crippen MR) is 85.6 cm³/mol. The zero-order chi connectivity index (χ0) is 17.3. The second-order valence-corrected chi connectivity index (χ2v) is 5.56. The van der Waals surface area contributed by atoms with E-state index in [0.717, 1.165) is 0 Å². The van der Waals surface area contributed by atoms with Gasteiger partial charge in [0.25, 0.3) is 0 Å². The topological polar surface area (TPSA) is 118 Å². The van der Waals surface area contributed by atoms with E-state index >= 15 is 0 Å². The number of aryl methyl sites for hydroxylation is 1. The summed E-state index contributed by atoms with van der Waals surface area (Å²) in [7, 11) is 1.20. The molecule has 0 aliphatic rings. The van der Waals surface area contributed by atoms with Crippen LogP contribution in [-0.4, -0.2) is 28.7 Å². The molecule has 0 amide bonds. The molecule has 0 unspecified atom stereocenters. The molecule has 118 valence electrons. The van der Waals surface area contributed by atoms with Crippen LogP contribution in [0.4, 0.5) is 5.69 Å². The summed E-state index contributed by atoms with van der Waals surface area (Å²) in [6, 6.07) is 4.90. The number of carboxylic acid groups (broad SMARTS) is 1. The second-order valence-electron chi connectivity index (χ2n) is 4.70. The Hall–Kier alpha value is -2.79. The molecule has 1 aromatic carbocycles. The molecular formula is C15H12BrN3O4. The number of carbonyl (C=O) groups excluding carboxylic acids is 1. The summed E-state index contributed by atoms with van der Waals surface area (Å²) in [5.74, 6) is -1.85. The minimum Gasteiger partial charge on any atom is -0.478 e. The Morgan fingerprint density at radius 2 is 2.09 bits per heavy atom. The van der Waals surface area contributed by atoms with Crippen LogP contribution >= 0.6 is 15.9 Å². The smallest absolute Gasteiger partial charge is 0.357 e. The first-order valence-corrected chi connectivity index (χ1v) is 7.14. The van der Waals surface area contributed by atoms with E-state index < -0.39 is 11.9 Å². The van der Waals surface area contributed by atoms with Crippen LogP contribution in [0, 0.1) is 18.3 Å². The highest BCUT2D eigenvalue weighted by atomic mass is 79.9. The number of methoxy groups -OCH3 is 1. The van der Waals surface area contributed by atoms with Gasteiger partial charge in [0.15, 0.2) is 5.69 Å². The lowest BCUT2D eigenvalue weighted by atomic mass is 10.1. The zero-order valence-electron chi connectivity index (χ0n) is 12.3. The second kappa shape index (κ2) is 6.14.